The average molecular weight is 380 g/mol. The Kier molecular flexibility index (Phi) is 6.70. The van der Waals surface area contributed by atoms with Gasteiger partial charge in [0.2, 0.25) is 5.78 Å². The number of halogens is 2. The highest BCUT2D eigenvalue weighted by Crippen LogP contribution is 2.25. The van der Waals surface area contributed by atoms with Crippen LogP contribution in [0.5, 0.6) is 17.2 Å². The lowest BCUT2D eigenvalue weighted by molar-refractivity contribution is -0.0498. The Hall–Kier alpha value is -3.16. The Labute approximate surface area is 154 Å². The second kappa shape index (κ2) is 8.98. The van der Waals surface area contributed by atoms with Gasteiger partial charge in [-0.1, -0.05) is 0 Å². The molecule has 6 nitrogen and oxygen atoms in total. The van der Waals surface area contributed by atoms with Crippen molar-refractivity contribution in [2.75, 3.05) is 14.2 Å². The summed E-state index contributed by atoms with van der Waals surface area (Å²) in [6.45, 7) is -1.54. The predicted octanol–water partition coefficient (Wildman–Crippen LogP) is 3.73. The summed E-state index contributed by atoms with van der Waals surface area (Å²) in [5.41, 5.74) is 0.298. The number of benzene rings is 2. The number of carbonyl (C=O) groups is 2. The molecule has 2 aromatic carbocycles. The molecule has 0 aromatic heterocycles. The molecule has 0 fully saturated rings. The molecule has 144 valence electrons. The second-order valence-electron chi connectivity index (χ2n) is 5.38. The van der Waals surface area contributed by atoms with Crippen molar-refractivity contribution in [1.29, 1.82) is 0 Å². The van der Waals surface area contributed by atoms with E-state index in [-0.39, 0.29) is 22.6 Å². The number of ketones is 1. The summed E-state index contributed by atoms with van der Waals surface area (Å²) in [4.78, 5) is 24.8. The predicted molar refractivity (Wildman–Crippen MR) is 91.8 cm³/mol. The van der Waals surface area contributed by atoms with Crippen LogP contribution in [-0.4, -0.2) is 38.7 Å². The van der Waals surface area contributed by atoms with Crippen molar-refractivity contribution < 1.29 is 37.3 Å². The summed E-state index contributed by atoms with van der Waals surface area (Å²) in [6.07, 6.45) is -1.10. The normalized spacial score (nSPS) is 11.6. The van der Waals surface area contributed by atoms with Gasteiger partial charge in [0.15, 0.2) is 6.10 Å². The van der Waals surface area contributed by atoms with Crippen molar-refractivity contribution in [2.24, 2.45) is 0 Å². The number of alkyl halides is 2. The highest BCUT2D eigenvalue weighted by molar-refractivity contribution is 6.02. The largest absolute Gasteiger partial charge is 0.497 e. The summed E-state index contributed by atoms with van der Waals surface area (Å²) in [5, 5.41) is 0. The molecular formula is C19H18F2O6. The van der Waals surface area contributed by atoms with Gasteiger partial charge in [-0.3, -0.25) is 4.79 Å². The van der Waals surface area contributed by atoms with Crippen LogP contribution in [0.15, 0.2) is 42.5 Å². The molecule has 0 spiro atoms. The summed E-state index contributed by atoms with van der Waals surface area (Å²) >= 11 is 0. The first-order valence-electron chi connectivity index (χ1n) is 7.87. The van der Waals surface area contributed by atoms with E-state index in [2.05, 4.69) is 4.74 Å². The number of esters is 1. The zero-order chi connectivity index (χ0) is 20.0. The SMILES string of the molecule is COc1ccc(OC)c(C(=O)O[C@H](C)C(=O)c2ccc(OC(F)F)cc2)c1. The molecule has 2 rings (SSSR count). The Morgan fingerprint density at radius 2 is 1.56 bits per heavy atom. The molecule has 0 amide bonds. The summed E-state index contributed by atoms with van der Waals surface area (Å²) in [7, 11) is 2.85. The Morgan fingerprint density at radius 3 is 2.11 bits per heavy atom. The molecule has 0 saturated carbocycles. The van der Waals surface area contributed by atoms with Crippen LogP contribution in [0.25, 0.3) is 0 Å². The Balaban J connectivity index is 2.11. The minimum absolute atomic E-state index is 0.0766. The molecule has 0 aliphatic rings. The molecule has 0 bridgehead atoms. The zero-order valence-corrected chi connectivity index (χ0v) is 14.9. The fourth-order valence-electron chi connectivity index (χ4n) is 2.29. The van der Waals surface area contributed by atoms with Gasteiger partial charge in [-0.15, -0.1) is 0 Å². The van der Waals surface area contributed by atoms with Gasteiger partial charge in [0, 0.05) is 5.56 Å². The van der Waals surface area contributed by atoms with Gasteiger partial charge >= 0.3 is 12.6 Å². The number of ether oxygens (including phenoxy) is 4. The Morgan fingerprint density at radius 1 is 0.926 bits per heavy atom. The lowest BCUT2D eigenvalue weighted by Gasteiger charge is -2.15. The molecule has 27 heavy (non-hydrogen) atoms. The Bertz CT molecular complexity index is 804. The lowest BCUT2D eigenvalue weighted by Crippen LogP contribution is -2.24. The monoisotopic (exact) mass is 380 g/mol. The van der Waals surface area contributed by atoms with Crippen molar-refractivity contribution in [2.45, 2.75) is 19.6 Å². The number of Topliss-reactive ketones (excluding diaryl/α,β-unsaturated/α-hetero) is 1. The maximum atomic E-state index is 12.4. The number of hydrogen-bond acceptors (Lipinski definition) is 6. The van der Waals surface area contributed by atoms with Crippen molar-refractivity contribution in [3.05, 3.63) is 53.6 Å². The van der Waals surface area contributed by atoms with Crippen LogP contribution in [0.2, 0.25) is 0 Å². The maximum Gasteiger partial charge on any atom is 0.387 e. The van der Waals surface area contributed by atoms with Crippen LogP contribution in [-0.2, 0) is 4.74 Å². The molecule has 0 aliphatic heterocycles. The van der Waals surface area contributed by atoms with Crippen LogP contribution in [0.4, 0.5) is 8.78 Å². The fourth-order valence-corrected chi connectivity index (χ4v) is 2.29. The zero-order valence-electron chi connectivity index (χ0n) is 14.9. The molecule has 0 saturated heterocycles. The molecule has 8 heteroatoms. The molecule has 1 atom stereocenters. The first-order valence-corrected chi connectivity index (χ1v) is 7.87. The van der Waals surface area contributed by atoms with Crippen LogP contribution >= 0.6 is 0 Å². The number of methoxy groups -OCH3 is 2. The van der Waals surface area contributed by atoms with Crippen LogP contribution in [0.1, 0.15) is 27.6 Å². The molecule has 0 radical (unpaired) electrons. The average Bonchev–Trinajstić information content (AvgIpc) is 2.66. The van der Waals surface area contributed by atoms with E-state index in [1.807, 2.05) is 0 Å². The topological polar surface area (TPSA) is 71.1 Å². The van der Waals surface area contributed by atoms with Gasteiger partial charge in [0.05, 0.1) is 14.2 Å². The third kappa shape index (κ3) is 5.16. The van der Waals surface area contributed by atoms with E-state index in [0.29, 0.717) is 5.75 Å². The van der Waals surface area contributed by atoms with E-state index < -0.39 is 24.5 Å². The maximum absolute atomic E-state index is 12.4. The van der Waals surface area contributed by atoms with Crippen molar-refractivity contribution in [1.82, 2.24) is 0 Å². The van der Waals surface area contributed by atoms with Gasteiger partial charge in [-0.05, 0) is 49.4 Å². The van der Waals surface area contributed by atoms with Gasteiger partial charge < -0.3 is 18.9 Å². The fraction of sp³-hybridized carbons (Fsp3) is 0.263. The highest BCUT2D eigenvalue weighted by atomic mass is 19.3. The molecule has 2 aromatic rings. The van der Waals surface area contributed by atoms with Crippen molar-refractivity contribution >= 4 is 11.8 Å². The first kappa shape index (κ1) is 20.2. The first-order chi connectivity index (χ1) is 12.8. The molecule has 0 heterocycles. The van der Waals surface area contributed by atoms with Crippen LogP contribution in [0.3, 0.4) is 0 Å². The molecular weight excluding hydrogens is 362 g/mol. The van der Waals surface area contributed by atoms with Gasteiger partial charge in [-0.2, -0.15) is 8.78 Å². The van der Waals surface area contributed by atoms with Gasteiger partial charge in [-0.25, -0.2) is 4.79 Å². The van der Waals surface area contributed by atoms with E-state index in [1.165, 1.54) is 51.5 Å². The minimum Gasteiger partial charge on any atom is -0.497 e. The van der Waals surface area contributed by atoms with Gasteiger partial charge in [0.1, 0.15) is 22.8 Å². The molecule has 0 aliphatic carbocycles. The van der Waals surface area contributed by atoms with Gasteiger partial charge in [0.25, 0.3) is 0 Å². The van der Waals surface area contributed by atoms with E-state index in [0.717, 1.165) is 0 Å². The third-order valence-electron chi connectivity index (χ3n) is 3.64. The molecule has 0 N–H and O–H groups in total. The number of rotatable bonds is 8. The summed E-state index contributed by atoms with van der Waals surface area (Å²) < 4.78 is 44.0. The number of hydrogen-bond donors (Lipinski definition) is 0. The van der Waals surface area contributed by atoms with Crippen molar-refractivity contribution in [3.8, 4) is 17.2 Å². The standard InChI is InChI=1S/C19H18F2O6/c1-11(17(22)12-4-6-13(7-5-12)27-19(20)21)26-18(23)15-10-14(24-2)8-9-16(15)25-3/h4-11,19H,1-3H3/t11-/m1/s1. The van der Waals surface area contributed by atoms with Crippen molar-refractivity contribution in [3.63, 3.8) is 0 Å². The third-order valence-corrected chi connectivity index (χ3v) is 3.64. The smallest absolute Gasteiger partial charge is 0.387 e. The van der Waals surface area contributed by atoms with E-state index >= 15 is 0 Å². The minimum atomic E-state index is -2.95. The number of carbonyl (C=O) groups excluding carboxylic acids is 2. The van der Waals surface area contributed by atoms with E-state index in [1.54, 1.807) is 12.1 Å². The lowest BCUT2D eigenvalue weighted by atomic mass is 10.1. The second-order valence-corrected chi connectivity index (χ2v) is 5.38. The quantitative estimate of drug-likeness (QED) is 0.513. The van der Waals surface area contributed by atoms with Crippen LogP contribution in [0, 0.1) is 0 Å². The highest BCUT2D eigenvalue weighted by Gasteiger charge is 2.23. The molecule has 0 unspecified atom stereocenters. The summed E-state index contributed by atoms with van der Waals surface area (Å²) in [5.74, 6) is -0.629. The van der Waals surface area contributed by atoms with E-state index in [9.17, 15) is 18.4 Å². The van der Waals surface area contributed by atoms with Crippen LogP contribution < -0.4 is 14.2 Å². The van der Waals surface area contributed by atoms with E-state index in [4.69, 9.17) is 14.2 Å². The summed E-state index contributed by atoms with van der Waals surface area (Å²) in [6, 6.07) is 9.71.